The highest BCUT2D eigenvalue weighted by atomic mass is 16.3. The zero-order chi connectivity index (χ0) is 13.0. The third-order valence-corrected chi connectivity index (χ3v) is 2.67. The van der Waals surface area contributed by atoms with Crippen molar-refractivity contribution in [2.45, 2.75) is 13.8 Å². The number of hydrogen-bond acceptors (Lipinski definition) is 5. The zero-order valence-corrected chi connectivity index (χ0v) is 10.6. The molecule has 18 heavy (non-hydrogen) atoms. The lowest BCUT2D eigenvalue weighted by Crippen LogP contribution is -2.27. The Labute approximate surface area is 106 Å². The second kappa shape index (κ2) is 5.59. The summed E-state index contributed by atoms with van der Waals surface area (Å²) in [4.78, 5) is 1.96. The van der Waals surface area contributed by atoms with Crippen LogP contribution in [-0.4, -0.2) is 44.8 Å². The Balaban J connectivity index is 2.19. The largest absolute Gasteiger partial charge is 0.395 e. The summed E-state index contributed by atoms with van der Waals surface area (Å²) in [6.45, 7) is 5.40. The molecule has 1 N–H and O–H groups in total. The van der Waals surface area contributed by atoms with Crippen LogP contribution in [0.2, 0.25) is 0 Å². The monoisotopic (exact) mass is 247 g/mol. The standard InChI is InChI=1S/C12H17N5O/c1-3-16(8-9-18)11-4-5-12(14-13-11)17-7-6-10(2)15-17/h4-7,18H,3,8-9H2,1-2H3. The van der Waals surface area contributed by atoms with Crippen molar-refractivity contribution in [3.8, 4) is 5.82 Å². The minimum absolute atomic E-state index is 0.107. The molecule has 0 aromatic carbocycles. The molecular formula is C12H17N5O. The number of likely N-dealkylation sites (N-methyl/N-ethyl adjacent to an activating group) is 1. The van der Waals surface area contributed by atoms with Crippen molar-refractivity contribution in [3.63, 3.8) is 0 Å². The van der Waals surface area contributed by atoms with Crippen LogP contribution in [0.3, 0.4) is 0 Å². The molecule has 0 aliphatic heterocycles. The molecule has 0 aliphatic carbocycles. The molecule has 0 fully saturated rings. The van der Waals surface area contributed by atoms with E-state index in [1.807, 2.05) is 43.1 Å². The molecule has 6 nitrogen and oxygen atoms in total. The zero-order valence-electron chi connectivity index (χ0n) is 10.6. The molecule has 96 valence electrons. The maximum Gasteiger partial charge on any atom is 0.175 e. The number of aliphatic hydroxyl groups is 1. The van der Waals surface area contributed by atoms with E-state index in [2.05, 4.69) is 15.3 Å². The van der Waals surface area contributed by atoms with Gasteiger partial charge < -0.3 is 10.0 Å². The molecule has 2 rings (SSSR count). The quantitative estimate of drug-likeness (QED) is 0.846. The van der Waals surface area contributed by atoms with Gasteiger partial charge in [-0.2, -0.15) is 5.10 Å². The Morgan fingerprint density at radius 2 is 2.11 bits per heavy atom. The Kier molecular flexibility index (Phi) is 3.88. The number of aromatic nitrogens is 4. The molecular weight excluding hydrogens is 230 g/mol. The summed E-state index contributed by atoms with van der Waals surface area (Å²) in [5.41, 5.74) is 0.941. The van der Waals surface area contributed by atoms with Crippen molar-refractivity contribution in [1.29, 1.82) is 0 Å². The summed E-state index contributed by atoms with van der Waals surface area (Å²) in [5.74, 6) is 1.45. The van der Waals surface area contributed by atoms with Gasteiger partial charge in [0.05, 0.1) is 12.3 Å². The maximum atomic E-state index is 8.96. The van der Waals surface area contributed by atoms with Gasteiger partial charge in [0.2, 0.25) is 0 Å². The van der Waals surface area contributed by atoms with Crippen LogP contribution >= 0.6 is 0 Å². The predicted molar refractivity (Wildman–Crippen MR) is 68.9 cm³/mol. The van der Waals surface area contributed by atoms with Gasteiger partial charge in [-0.25, -0.2) is 4.68 Å². The van der Waals surface area contributed by atoms with Gasteiger partial charge in [0.25, 0.3) is 0 Å². The molecule has 0 saturated heterocycles. The molecule has 0 unspecified atom stereocenters. The van der Waals surface area contributed by atoms with E-state index in [1.165, 1.54) is 0 Å². The highest BCUT2D eigenvalue weighted by Crippen LogP contribution is 2.10. The lowest BCUT2D eigenvalue weighted by molar-refractivity contribution is 0.302. The normalized spacial score (nSPS) is 10.6. The van der Waals surface area contributed by atoms with E-state index in [-0.39, 0.29) is 6.61 Å². The minimum atomic E-state index is 0.107. The van der Waals surface area contributed by atoms with Crippen LogP contribution in [0.15, 0.2) is 24.4 Å². The summed E-state index contributed by atoms with van der Waals surface area (Å²) in [5, 5.41) is 21.5. The van der Waals surface area contributed by atoms with E-state index in [0.717, 1.165) is 18.1 Å². The smallest absolute Gasteiger partial charge is 0.175 e. The molecule has 0 bridgehead atoms. The van der Waals surface area contributed by atoms with Gasteiger partial charge in [0.15, 0.2) is 11.6 Å². The molecule has 6 heteroatoms. The van der Waals surface area contributed by atoms with Crippen molar-refractivity contribution < 1.29 is 5.11 Å². The minimum Gasteiger partial charge on any atom is -0.395 e. The first-order chi connectivity index (χ1) is 8.74. The Bertz CT molecular complexity index is 493. The van der Waals surface area contributed by atoms with Crippen LogP contribution in [0.4, 0.5) is 5.82 Å². The molecule has 2 heterocycles. The Morgan fingerprint density at radius 3 is 2.61 bits per heavy atom. The first kappa shape index (κ1) is 12.5. The average Bonchev–Trinajstić information content (AvgIpc) is 2.83. The van der Waals surface area contributed by atoms with E-state index in [4.69, 9.17) is 5.11 Å². The topological polar surface area (TPSA) is 67.1 Å². The Hall–Kier alpha value is -1.95. The van der Waals surface area contributed by atoms with E-state index in [0.29, 0.717) is 12.4 Å². The van der Waals surface area contributed by atoms with Gasteiger partial charge in [-0.05, 0) is 32.0 Å². The third-order valence-electron chi connectivity index (χ3n) is 2.67. The molecule has 2 aromatic heterocycles. The van der Waals surface area contributed by atoms with Crippen LogP contribution in [0.25, 0.3) is 5.82 Å². The van der Waals surface area contributed by atoms with Gasteiger partial charge >= 0.3 is 0 Å². The number of rotatable bonds is 5. The molecule has 0 amide bonds. The van der Waals surface area contributed by atoms with Crippen LogP contribution in [-0.2, 0) is 0 Å². The number of nitrogens with zero attached hydrogens (tertiary/aromatic N) is 5. The van der Waals surface area contributed by atoms with Gasteiger partial charge in [-0.1, -0.05) is 0 Å². The van der Waals surface area contributed by atoms with Crippen LogP contribution in [0.5, 0.6) is 0 Å². The van der Waals surface area contributed by atoms with E-state index in [9.17, 15) is 0 Å². The number of hydrogen-bond donors (Lipinski definition) is 1. The first-order valence-corrected chi connectivity index (χ1v) is 5.96. The number of anilines is 1. The highest BCUT2D eigenvalue weighted by Gasteiger charge is 2.07. The van der Waals surface area contributed by atoms with Crippen molar-refractivity contribution in [2.75, 3.05) is 24.6 Å². The summed E-state index contributed by atoms with van der Waals surface area (Å²) in [6, 6.07) is 5.67. The van der Waals surface area contributed by atoms with Crippen molar-refractivity contribution in [3.05, 3.63) is 30.1 Å². The summed E-state index contributed by atoms with van der Waals surface area (Å²) in [7, 11) is 0. The lowest BCUT2D eigenvalue weighted by atomic mass is 10.4. The molecule has 0 radical (unpaired) electrons. The molecule has 0 saturated carbocycles. The second-order valence-corrected chi connectivity index (χ2v) is 3.95. The van der Waals surface area contributed by atoms with E-state index < -0.39 is 0 Å². The van der Waals surface area contributed by atoms with Gasteiger partial charge in [0, 0.05) is 19.3 Å². The second-order valence-electron chi connectivity index (χ2n) is 3.95. The fourth-order valence-electron chi connectivity index (χ4n) is 1.71. The van der Waals surface area contributed by atoms with E-state index >= 15 is 0 Å². The van der Waals surface area contributed by atoms with Gasteiger partial charge in [-0.3, -0.25) is 0 Å². The fourth-order valence-corrected chi connectivity index (χ4v) is 1.71. The van der Waals surface area contributed by atoms with Crippen molar-refractivity contribution in [1.82, 2.24) is 20.0 Å². The number of aryl methyl sites for hydroxylation is 1. The highest BCUT2D eigenvalue weighted by molar-refractivity contribution is 5.39. The molecule has 0 aliphatic rings. The predicted octanol–water partition coefficient (Wildman–Crippen LogP) is 0.789. The van der Waals surface area contributed by atoms with Gasteiger partial charge in [-0.15, -0.1) is 10.2 Å². The SMILES string of the molecule is CCN(CCO)c1ccc(-n2ccc(C)n2)nn1. The van der Waals surface area contributed by atoms with E-state index in [1.54, 1.807) is 4.68 Å². The maximum absolute atomic E-state index is 8.96. The third kappa shape index (κ3) is 2.65. The van der Waals surface area contributed by atoms with Gasteiger partial charge in [0.1, 0.15) is 0 Å². The number of aliphatic hydroxyl groups excluding tert-OH is 1. The fraction of sp³-hybridized carbons (Fsp3) is 0.417. The van der Waals surface area contributed by atoms with Crippen molar-refractivity contribution in [2.24, 2.45) is 0 Å². The molecule has 0 spiro atoms. The summed E-state index contributed by atoms with van der Waals surface area (Å²) < 4.78 is 1.69. The van der Waals surface area contributed by atoms with Crippen LogP contribution in [0, 0.1) is 6.92 Å². The van der Waals surface area contributed by atoms with Crippen LogP contribution in [0.1, 0.15) is 12.6 Å². The Morgan fingerprint density at radius 1 is 1.28 bits per heavy atom. The summed E-state index contributed by atoms with van der Waals surface area (Å²) >= 11 is 0. The molecule has 2 aromatic rings. The first-order valence-electron chi connectivity index (χ1n) is 5.96. The lowest BCUT2D eigenvalue weighted by Gasteiger charge is -2.19. The van der Waals surface area contributed by atoms with Crippen LogP contribution < -0.4 is 4.90 Å². The average molecular weight is 247 g/mol. The van der Waals surface area contributed by atoms with Crippen molar-refractivity contribution >= 4 is 5.82 Å². The summed E-state index contributed by atoms with van der Waals surface area (Å²) in [6.07, 6.45) is 1.85. The molecule has 0 atom stereocenters.